The van der Waals surface area contributed by atoms with Crippen molar-refractivity contribution in [3.63, 3.8) is 0 Å². The average Bonchev–Trinajstić information content (AvgIpc) is 3.43. The number of carboxylic acids is 1. The highest BCUT2D eigenvalue weighted by molar-refractivity contribution is 6.30. The van der Waals surface area contributed by atoms with Gasteiger partial charge in [0.2, 0.25) is 0 Å². The number of carbonyl (C=O) groups is 2. The summed E-state index contributed by atoms with van der Waals surface area (Å²) in [6.07, 6.45) is 5.74. The molecule has 4 aromatic carbocycles. The van der Waals surface area contributed by atoms with E-state index in [-0.39, 0.29) is 23.9 Å². The van der Waals surface area contributed by atoms with Crippen LogP contribution in [-0.2, 0) is 6.61 Å². The summed E-state index contributed by atoms with van der Waals surface area (Å²) in [4.78, 5) is 30.8. The molecule has 0 saturated heterocycles. The monoisotopic (exact) mass is 643 g/mol. The Labute approximate surface area is 273 Å². The SMILES string of the molecule is CN(C)C(=O)c1ccc(COc2ccc(-c3nc4cc(C(=O)O)ccc4n3C3CCCCC3)cc2)c(-c2ccc(Cl)cc2)c1.Cl. The molecule has 1 aliphatic rings. The number of hydrogen-bond donors (Lipinski definition) is 1. The van der Waals surface area contributed by atoms with Gasteiger partial charge in [0.1, 0.15) is 18.2 Å². The molecule has 1 heterocycles. The lowest BCUT2D eigenvalue weighted by Crippen LogP contribution is -2.21. The maximum Gasteiger partial charge on any atom is 0.335 e. The minimum Gasteiger partial charge on any atom is -0.489 e. The molecular formula is C36H35Cl2N3O4. The molecular weight excluding hydrogens is 609 g/mol. The first-order valence-corrected chi connectivity index (χ1v) is 15.3. The van der Waals surface area contributed by atoms with Crippen molar-refractivity contribution in [2.75, 3.05) is 14.1 Å². The number of ether oxygens (including phenoxy) is 1. The second-order valence-electron chi connectivity index (χ2n) is 11.5. The highest BCUT2D eigenvalue weighted by atomic mass is 35.5. The fourth-order valence-corrected chi connectivity index (χ4v) is 6.12. The summed E-state index contributed by atoms with van der Waals surface area (Å²) >= 11 is 6.14. The molecule has 232 valence electrons. The molecule has 0 bridgehead atoms. The van der Waals surface area contributed by atoms with Gasteiger partial charge in [-0.3, -0.25) is 4.79 Å². The lowest BCUT2D eigenvalue weighted by molar-refractivity contribution is 0.0696. The van der Waals surface area contributed by atoms with Crippen LogP contribution < -0.4 is 4.74 Å². The Morgan fingerprint density at radius 3 is 2.22 bits per heavy atom. The van der Waals surface area contributed by atoms with Crippen molar-refractivity contribution in [1.29, 1.82) is 0 Å². The first-order chi connectivity index (χ1) is 21.3. The van der Waals surface area contributed by atoms with E-state index in [2.05, 4.69) is 4.57 Å². The number of carboxylic acid groups (broad SMARTS) is 1. The predicted octanol–water partition coefficient (Wildman–Crippen LogP) is 8.93. The molecule has 1 N–H and O–H groups in total. The Balaban J connectivity index is 0.00000400. The van der Waals surface area contributed by atoms with E-state index in [0.29, 0.717) is 34.5 Å². The molecule has 0 radical (unpaired) electrons. The van der Waals surface area contributed by atoms with Gasteiger partial charge in [0, 0.05) is 36.3 Å². The predicted molar refractivity (Wildman–Crippen MR) is 181 cm³/mol. The van der Waals surface area contributed by atoms with E-state index in [1.165, 1.54) is 19.3 Å². The standard InChI is InChI=1S/C36H34ClN3O4.ClH/c1-39(2)35(41)25-8-9-27(31(20-25)23-10-15-28(37)16-11-23)22-44-30-17-12-24(13-18-30)34-38-32-21-26(36(42)43)14-19-33(32)40(34)29-6-4-3-5-7-29;/h8-21,29H,3-7,22H2,1-2H3,(H,42,43);1H. The number of aromatic carboxylic acids is 1. The van der Waals surface area contributed by atoms with Crippen LogP contribution in [-0.4, -0.2) is 45.5 Å². The highest BCUT2D eigenvalue weighted by Crippen LogP contribution is 2.37. The van der Waals surface area contributed by atoms with Crippen molar-refractivity contribution in [2.45, 2.75) is 44.8 Å². The lowest BCUT2D eigenvalue weighted by Gasteiger charge is -2.25. The molecule has 1 aliphatic carbocycles. The van der Waals surface area contributed by atoms with Gasteiger partial charge in [0.05, 0.1) is 16.6 Å². The second kappa shape index (κ2) is 13.8. The number of amides is 1. The quantitative estimate of drug-likeness (QED) is 0.182. The van der Waals surface area contributed by atoms with Crippen LogP contribution in [0.25, 0.3) is 33.5 Å². The lowest BCUT2D eigenvalue weighted by atomic mass is 9.95. The number of benzene rings is 4. The Kier molecular flexibility index (Phi) is 9.80. The van der Waals surface area contributed by atoms with Gasteiger partial charge in [-0.15, -0.1) is 12.4 Å². The van der Waals surface area contributed by atoms with Gasteiger partial charge in [-0.05, 0) is 96.3 Å². The fraction of sp³-hybridized carbons (Fsp3) is 0.250. The van der Waals surface area contributed by atoms with Crippen molar-refractivity contribution in [3.05, 3.63) is 107 Å². The second-order valence-corrected chi connectivity index (χ2v) is 11.9. The van der Waals surface area contributed by atoms with Crippen molar-refractivity contribution >= 4 is 46.9 Å². The minimum atomic E-state index is -0.958. The summed E-state index contributed by atoms with van der Waals surface area (Å²) in [5.74, 6) is 0.520. The number of halogens is 2. The van der Waals surface area contributed by atoms with Crippen molar-refractivity contribution in [3.8, 4) is 28.3 Å². The van der Waals surface area contributed by atoms with Crippen LogP contribution in [0.1, 0.15) is 64.4 Å². The third-order valence-corrected chi connectivity index (χ3v) is 8.55. The molecule has 1 saturated carbocycles. The van der Waals surface area contributed by atoms with Crippen LogP contribution in [0.15, 0.2) is 84.9 Å². The van der Waals surface area contributed by atoms with E-state index in [0.717, 1.165) is 46.4 Å². The van der Waals surface area contributed by atoms with Crippen molar-refractivity contribution in [2.24, 2.45) is 0 Å². The molecule has 0 spiro atoms. The largest absolute Gasteiger partial charge is 0.489 e. The average molecular weight is 645 g/mol. The van der Waals surface area contributed by atoms with E-state index in [4.69, 9.17) is 21.3 Å². The topological polar surface area (TPSA) is 84.7 Å². The summed E-state index contributed by atoms with van der Waals surface area (Å²) in [5, 5.41) is 10.2. The van der Waals surface area contributed by atoms with E-state index >= 15 is 0 Å². The molecule has 6 rings (SSSR count). The molecule has 0 unspecified atom stereocenters. The third kappa shape index (κ3) is 6.85. The van der Waals surface area contributed by atoms with Crippen LogP contribution in [0.5, 0.6) is 5.75 Å². The molecule has 45 heavy (non-hydrogen) atoms. The first kappa shape index (κ1) is 32.1. The summed E-state index contributed by atoms with van der Waals surface area (Å²) in [6.45, 7) is 0.312. The van der Waals surface area contributed by atoms with E-state index in [1.807, 2.05) is 72.8 Å². The number of aromatic nitrogens is 2. The Morgan fingerprint density at radius 1 is 0.889 bits per heavy atom. The molecule has 0 aliphatic heterocycles. The van der Waals surface area contributed by atoms with Gasteiger partial charge < -0.3 is 19.3 Å². The number of hydrogen-bond acceptors (Lipinski definition) is 4. The summed E-state index contributed by atoms with van der Waals surface area (Å²) in [5.41, 5.74) is 6.24. The van der Waals surface area contributed by atoms with Crippen LogP contribution in [0, 0.1) is 0 Å². The highest BCUT2D eigenvalue weighted by Gasteiger charge is 2.23. The Morgan fingerprint density at radius 2 is 1.56 bits per heavy atom. The summed E-state index contributed by atoms with van der Waals surface area (Å²) in [7, 11) is 3.48. The zero-order valence-electron chi connectivity index (χ0n) is 25.2. The molecule has 7 nitrogen and oxygen atoms in total. The van der Waals surface area contributed by atoms with E-state index in [1.54, 1.807) is 31.1 Å². The first-order valence-electron chi connectivity index (χ1n) is 14.9. The Bertz CT molecular complexity index is 1830. The molecule has 9 heteroatoms. The number of imidazole rings is 1. The Hall–Kier alpha value is -4.33. The molecule has 5 aromatic rings. The van der Waals surface area contributed by atoms with Gasteiger partial charge in [0.15, 0.2) is 0 Å². The maximum absolute atomic E-state index is 12.7. The van der Waals surface area contributed by atoms with Gasteiger partial charge in [-0.2, -0.15) is 0 Å². The van der Waals surface area contributed by atoms with Gasteiger partial charge >= 0.3 is 5.97 Å². The summed E-state index contributed by atoms with van der Waals surface area (Å²) < 4.78 is 8.55. The van der Waals surface area contributed by atoms with Crippen LogP contribution >= 0.6 is 24.0 Å². The van der Waals surface area contributed by atoms with Gasteiger partial charge in [-0.25, -0.2) is 9.78 Å². The number of carbonyl (C=O) groups excluding carboxylic acids is 1. The third-order valence-electron chi connectivity index (χ3n) is 8.30. The molecule has 1 fully saturated rings. The fourth-order valence-electron chi connectivity index (χ4n) is 6.00. The van der Waals surface area contributed by atoms with Crippen LogP contribution in [0.4, 0.5) is 0 Å². The number of fused-ring (bicyclic) bond motifs is 1. The normalized spacial score (nSPS) is 13.3. The zero-order valence-corrected chi connectivity index (χ0v) is 26.8. The summed E-state index contributed by atoms with van der Waals surface area (Å²) in [6, 6.07) is 26.6. The maximum atomic E-state index is 12.7. The minimum absolute atomic E-state index is 0. The number of rotatable bonds is 8. The smallest absolute Gasteiger partial charge is 0.335 e. The molecule has 0 atom stereocenters. The zero-order chi connectivity index (χ0) is 30.8. The van der Waals surface area contributed by atoms with Crippen LogP contribution in [0.2, 0.25) is 5.02 Å². The van der Waals surface area contributed by atoms with E-state index in [9.17, 15) is 14.7 Å². The molecule has 1 aromatic heterocycles. The van der Waals surface area contributed by atoms with Crippen molar-refractivity contribution < 1.29 is 19.4 Å². The number of nitrogens with zero attached hydrogens (tertiary/aromatic N) is 3. The van der Waals surface area contributed by atoms with Gasteiger partial charge in [-0.1, -0.05) is 49.1 Å². The van der Waals surface area contributed by atoms with Crippen molar-refractivity contribution in [1.82, 2.24) is 14.5 Å². The van der Waals surface area contributed by atoms with Gasteiger partial charge in [0.25, 0.3) is 5.91 Å². The van der Waals surface area contributed by atoms with E-state index < -0.39 is 5.97 Å². The van der Waals surface area contributed by atoms with Crippen LogP contribution in [0.3, 0.4) is 0 Å². The molecule has 1 amide bonds.